The molecule has 1 atom stereocenters. The standard InChI is InChI=1S/C16H19NO2.ClH/c1-18-14-7-3-12(4-8-14)11-16(17)13-5-9-15(19-2)10-6-13;/h3-10,16H,11,17H2,1-2H3;1H. The molecule has 2 rings (SSSR count). The first-order chi connectivity index (χ1) is 9.22. The molecule has 0 aliphatic carbocycles. The van der Waals surface area contributed by atoms with Gasteiger partial charge in [0.25, 0.3) is 0 Å². The largest absolute Gasteiger partial charge is 0.497 e. The summed E-state index contributed by atoms with van der Waals surface area (Å²) in [5, 5.41) is 0. The molecule has 4 heteroatoms. The minimum atomic E-state index is -0.0145. The smallest absolute Gasteiger partial charge is 0.118 e. The van der Waals surface area contributed by atoms with Gasteiger partial charge in [-0.05, 0) is 41.8 Å². The number of hydrogen-bond donors (Lipinski definition) is 1. The Balaban J connectivity index is 0.00000200. The summed E-state index contributed by atoms with van der Waals surface area (Å²) in [6.45, 7) is 0. The lowest BCUT2D eigenvalue weighted by molar-refractivity contribution is 0.414. The second-order valence-electron chi connectivity index (χ2n) is 4.43. The first kappa shape index (κ1) is 16.3. The van der Waals surface area contributed by atoms with Crippen molar-refractivity contribution in [1.82, 2.24) is 0 Å². The van der Waals surface area contributed by atoms with Crippen LogP contribution < -0.4 is 15.2 Å². The van der Waals surface area contributed by atoms with E-state index in [0.29, 0.717) is 0 Å². The predicted molar refractivity (Wildman–Crippen MR) is 83.9 cm³/mol. The average Bonchev–Trinajstić information content (AvgIpc) is 2.48. The third-order valence-electron chi connectivity index (χ3n) is 3.16. The van der Waals surface area contributed by atoms with Crippen molar-refractivity contribution in [2.24, 2.45) is 5.73 Å². The molecule has 0 saturated heterocycles. The molecule has 2 aromatic carbocycles. The molecule has 2 N–H and O–H groups in total. The van der Waals surface area contributed by atoms with Gasteiger partial charge in [-0.25, -0.2) is 0 Å². The van der Waals surface area contributed by atoms with Crippen molar-refractivity contribution in [3.8, 4) is 11.5 Å². The summed E-state index contributed by atoms with van der Waals surface area (Å²) in [4.78, 5) is 0. The molecule has 3 nitrogen and oxygen atoms in total. The molecule has 0 saturated carbocycles. The molecule has 0 heterocycles. The number of ether oxygens (including phenoxy) is 2. The van der Waals surface area contributed by atoms with Gasteiger partial charge in [-0.3, -0.25) is 0 Å². The summed E-state index contributed by atoms with van der Waals surface area (Å²) < 4.78 is 10.3. The summed E-state index contributed by atoms with van der Waals surface area (Å²) in [5.74, 6) is 1.71. The van der Waals surface area contributed by atoms with E-state index in [1.807, 2.05) is 48.5 Å². The van der Waals surface area contributed by atoms with Crippen LogP contribution in [-0.2, 0) is 6.42 Å². The van der Waals surface area contributed by atoms with Crippen molar-refractivity contribution >= 4 is 12.4 Å². The summed E-state index contributed by atoms with van der Waals surface area (Å²) in [5.41, 5.74) is 8.52. The molecule has 20 heavy (non-hydrogen) atoms. The molecule has 0 aromatic heterocycles. The van der Waals surface area contributed by atoms with E-state index < -0.39 is 0 Å². The van der Waals surface area contributed by atoms with Gasteiger partial charge in [0.05, 0.1) is 14.2 Å². The Morgan fingerprint density at radius 1 is 0.850 bits per heavy atom. The third-order valence-corrected chi connectivity index (χ3v) is 3.16. The van der Waals surface area contributed by atoms with Gasteiger partial charge in [0.1, 0.15) is 11.5 Å². The summed E-state index contributed by atoms with van der Waals surface area (Å²) in [7, 11) is 3.32. The van der Waals surface area contributed by atoms with Gasteiger partial charge in [0, 0.05) is 6.04 Å². The summed E-state index contributed by atoms with van der Waals surface area (Å²) in [6, 6.07) is 15.9. The normalized spacial score (nSPS) is 11.3. The Bertz CT molecular complexity index is 511. The number of benzene rings is 2. The second-order valence-corrected chi connectivity index (χ2v) is 4.43. The maximum absolute atomic E-state index is 6.22. The van der Waals surface area contributed by atoms with Crippen molar-refractivity contribution in [2.45, 2.75) is 12.5 Å². The first-order valence-corrected chi connectivity index (χ1v) is 6.25. The summed E-state index contributed by atoms with van der Waals surface area (Å²) in [6.07, 6.45) is 0.802. The average molecular weight is 294 g/mol. The van der Waals surface area contributed by atoms with Crippen molar-refractivity contribution in [2.75, 3.05) is 14.2 Å². The lowest BCUT2D eigenvalue weighted by atomic mass is 9.99. The zero-order valence-corrected chi connectivity index (χ0v) is 12.5. The zero-order chi connectivity index (χ0) is 13.7. The fourth-order valence-corrected chi connectivity index (χ4v) is 1.98. The Morgan fingerprint density at radius 3 is 1.75 bits per heavy atom. The van der Waals surface area contributed by atoms with E-state index in [1.165, 1.54) is 5.56 Å². The highest BCUT2D eigenvalue weighted by molar-refractivity contribution is 5.85. The molecule has 0 aliphatic rings. The van der Waals surface area contributed by atoms with E-state index in [-0.39, 0.29) is 18.4 Å². The number of methoxy groups -OCH3 is 2. The van der Waals surface area contributed by atoms with E-state index in [1.54, 1.807) is 14.2 Å². The van der Waals surface area contributed by atoms with Crippen LogP contribution in [0.1, 0.15) is 17.2 Å². The van der Waals surface area contributed by atoms with E-state index in [4.69, 9.17) is 15.2 Å². The van der Waals surface area contributed by atoms with Crippen LogP contribution in [0.15, 0.2) is 48.5 Å². The number of rotatable bonds is 5. The molecule has 0 radical (unpaired) electrons. The van der Waals surface area contributed by atoms with Gasteiger partial charge in [0.15, 0.2) is 0 Å². The van der Waals surface area contributed by atoms with Crippen LogP contribution >= 0.6 is 12.4 Å². The van der Waals surface area contributed by atoms with E-state index in [2.05, 4.69) is 0 Å². The van der Waals surface area contributed by atoms with Crippen LogP contribution in [-0.4, -0.2) is 14.2 Å². The van der Waals surface area contributed by atoms with Crippen LogP contribution in [0.3, 0.4) is 0 Å². The highest BCUT2D eigenvalue weighted by Gasteiger charge is 2.07. The third kappa shape index (κ3) is 4.15. The summed E-state index contributed by atoms with van der Waals surface area (Å²) >= 11 is 0. The maximum Gasteiger partial charge on any atom is 0.118 e. The van der Waals surface area contributed by atoms with E-state index in [0.717, 1.165) is 23.5 Å². The molecule has 2 aromatic rings. The van der Waals surface area contributed by atoms with Gasteiger partial charge in [-0.15, -0.1) is 12.4 Å². The van der Waals surface area contributed by atoms with Crippen molar-refractivity contribution in [1.29, 1.82) is 0 Å². The van der Waals surface area contributed by atoms with Crippen LogP contribution in [0, 0.1) is 0 Å². The van der Waals surface area contributed by atoms with Crippen molar-refractivity contribution in [3.05, 3.63) is 59.7 Å². The topological polar surface area (TPSA) is 44.5 Å². The van der Waals surface area contributed by atoms with Crippen LogP contribution in [0.25, 0.3) is 0 Å². The maximum atomic E-state index is 6.22. The highest BCUT2D eigenvalue weighted by Crippen LogP contribution is 2.20. The molecule has 0 spiro atoms. The fraction of sp³-hybridized carbons (Fsp3) is 0.250. The Labute approximate surface area is 126 Å². The number of halogens is 1. The van der Waals surface area contributed by atoms with Crippen molar-refractivity contribution in [3.63, 3.8) is 0 Å². The predicted octanol–water partition coefficient (Wildman–Crippen LogP) is 3.37. The Morgan fingerprint density at radius 2 is 1.30 bits per heavy atom. The molecule has 108 valence electrons. The van der Waals surface area contributed by atoms with Gasteiger partial charge < -0.3 is 15.2 Å². The Hall–Kier alpha value is -1.71. The van der Waals surface area contributed by atoms with Crippen LogP contribution in [0.5, 0.6) is 11.5 Å². The zero-order valence-electron chi connectivity index (χ0n) is 11.7. The monoisotopic (exact) mass is 293 g/mol. The molecule has 1 unspecified atom stereocenters. The lowest BCUT2D eigenvalue weighted by Crippen LogP contribution is -2.13. The van der Waals surface area contributed by atoms with Gasteiger partial charge in [0.2, 0.25) is 0 Å². The van der Waals surface area contributed by atoms with Crippen molar-refractivity contribution < 1.29 is 9.47 Å². The van der Waals surface area contributed by atoms with Gasteiger partial charge in [-0.2, -0.15) is 0 Å². The molecular formula is C16H20ClNO2. The Kier molecular flexibility index (Phi) is 6.36. The minimum absolute atomic E-state index is 0. The fourth-order valence-electron chi connectivity index (χ4n) is 1.98. The van der Waals surface area contributed by atoms with Crippen LogP contribution in [0.2, 0.25) is 0 Å². The van der Waals surface area contributed by atoms with Crippen LogP contribution in [0.4, 0.5) is 0 Å². The molecular weight excluding hydrogens is 274 g/mol. The van der Waals surface area contributed by atoms with E-state index in [9.17, 15) is 0 Å². The minimum Gasteiger partial charge on any atom is -0.497 e. The molecule has 0 aliphatic heterocycles. The van der Waals surface area contributed by atoms with Gasteiger partial charge in [-0.1, -0.05) is 24.3 Å². The quantitative estimate of drug-likeness (QED) is 0.919. The molecule has 0 amide bonds. The first-order valence-electron chi connectivity index (χ1n) is 6.25. The number of nitrogens with two attached hydrogens (primary N) is 1. The molecule has 0 fully saturated rings. The SMILES string of the molecule is COc1ccc(CC(N)c2ccc(OC)cc2)cc1.Cl. The van der Waals surface area contributed by atoms with Gasteiger partial charge >= 0.3 is 0 Å². The second kappa shape index (κ2) is 7.78. The molecule has 0 bridgehead atoms. The highest BCUT2D eigenvalue weighted by atomic mass is 35.5. The lowest BCUT2D eigenvalue weighted by Gasteiger charge is -2.13. The number of hydrogen-bond acceptors (Lipinski definition) is 3. The van der Waals surface area contributed by atoms with E-state index >= 15 is 0 Å².